The summed E-state index contributed by atoms with van der Waals surface area (Å²) in [5.41, 5.74) is 2.42. The Morgan fingerprint density at radius 1 is 1.15 bits per heavy atom. The molecule has 1 aliphatic heterocycles. The molecular weight excluding hydrogens is 250 g/mol. The van der Waals surface area contributed by atoms with Crippen LogP contribution in [0.5, 0.6) is 0 Å². The van der Waals surface area contributed by atoms with E-state index in [1.807, 2.05) is 0 Å². The van der Waals surface area contributed by atoms with E-state index in [0.29, 0.717) is 12.3 Å². The van der Waals surface area contributed by atoms with Crippen molar-refractivity contribution in [1.29, 1.82) is 0 Å². The van der Waals surface area contributed by atoms with E-state index in [2.05, 4.69) is 43.0 Å². The maximum atomic E-state index is 11.5. The lowest BCUT2D eigenvalue weighted by atomic mass is 9.97. The molecule has 1 aromatic carbocycles. The van der Waals surface area contributed by atoms with Crippen molar-refractivity contribution in [2.24, 2.45) is 0 Å². The van der Waals surface area contributed by atoms with Crippen molar-refractivity contribution in [3.8, 4) is 0 Å². The standard InChI is InChI=1S/C17H25NO2/c1-13(2)15-8-6-14(7-9-15)12-16(17(19)20)18-10-4-3-5-11-18/h6-9,13,16H,3-5,10-12H2,1-2H3,(H,19,20)/t16-/m0/s1. The lowest BCUT2D eigenvalue weighted by Crippen LogP contribution is -2.45. The normalized spacial score (nSPS) is 18.1. The maximum Gasteiger partial charge on any atom is 0.321 e. The molecule has 1 fully saturated rings. The molecule has 0 aromatic heterocycles. The minimum atomic E-state index is -0.695. The Hall–Kier alpha value is -1.35. The molecule has 1 N–H and O–H groups in total. The van der Waals surface area contributed by atoms with Crippen LogP contribution in [-0.2, 0) is 11.2 Å². The molecule has 1 aromatic rings. The van der Waals surface area contributed by atoms with Gasteiger partial charge in [0.2, 0.25) is 0 Å². The number of benzene rings is 1. The Bertz CT molecular complexity index is 433. The van der Waals surface area contributed by atoms with Crippen molar-refractivity contribution in [3.63, 3.8) is 0 Å². The molecule has 0 aliphatic carbocycles. The predicted molar refractivity (Wildman–Crippen MR) is 81.1 cm³/mol. The first-order valence-electron chi connectivity index (χ1n) is 7.63. The Labute approximate surface area is 121 Å². The zero-order chi connectivity index (χ0) is 14.5. The van der Waals surface area contributed by atoms with Crippen molar-refractivity contribution in [2.75, 3.05) is 13.1 Å². The number of piperidine rings is 1. The molecule has 1 saturated heterocycles. The summed E-state index contributed by atoms with van der Waals surface area (Å²) in [6.45, 7) is 6.17. The first kappa shape index (κ1) is 15.0. The molecule has 20 heavy (non-hydrogen) atoms. The van der Waals surface area contributed by atoms with E-state index in [-0.39, 0.29) is 6.04 Å². The number of carboxylic acids is 1. The van der Waals surface area contributed by atoms with Gasteiger partial charge in [0.25, 0.3) is 0 Å². The lowest BCUT2D eigenvalue weighted by Gasteiger charge is -2.32. The lowest BCUT2D eigenvalue weighted by molar-refractivity contribution is -0.143. The predicted octanol–water partition coefficient (Wildman–Crippen LogP) is 3.29. The number of nitrogens with zero attached hydrogens (tertiary/aromatic N) is 1. The number of rotatable bonds is 5. The fraction of sp³-hybridized carbons (Fsp3) is 0.588. The second kappa shape index (κ2) is 6.89. The molecule has 0 radical (unpaired) electrons. The topological polar surface area (TPSA) is 40.5 Å². The van der Waals surface area contributed by atoms with Crippen molar-refractivity contribution < 1.29 is 9.90 Å². The van der Waals surface area contributed by atoms with Crippen LogP contribution < -0.4 is 0 Å². The molecule has 0 spiro atoms. The molecule has 0 amide bonds. The average Bonchev–Trinajstić information content (AvgIpc) is 2.46. The van der Waals surface area contributed by atoms with Gasteiger partial charge in [-0.2, -0.15) is 0 Å². The molecule has 2 rings (SSSR count). The number of aliphatic carboxylic acids is 1. The van der Waals surface area contributed by atoms with Gasteiger partial charge in [0.15, 0.2) is 0 Å². The van der Waals surface area contributed by atoms with Crippen LogP contribution >= 0.6 is 0 Å². The molecule has 110 valence electrons. The van der Waals surface area contributed by atoms with Gasteiger partial charge >= 0.3 is 5.97 Å². The van der Waals surface area contributed by atoms with Crippen LogP contribution in [0.25, 0.3) is 0 Å². The molecule has 0 bridgehead atoms. The molecule has 0 unspecified atom stereocenters. The van der Waals surface area contributed by atoms with Crippen LogP contribution in [-0.4, -0.2) is 35.1 Å². The summed E-state index contributed by atoms with van der Waals surface area (Å²) < 4.78 is 0. The highest BCUT2D eigenvalue weighted by molar-refractivity contribution is 5.74. The van der Waals surface area contributed by atoms with E-state index in [1.54, 1.807) is 0 Å². The molecule has 1 aliphatic rings. The van der Waals surface area contributed by atoms with E-state index < -0.39 is 5.97 Å². The van der Waals surface area contributed by atoms with Crippen LogP contribution in [0.1, 0.15) is 50.2 Å². The number of carbonyl (C=O) groups is 1. The third-order valence-corrected chi connectivity index (χ3v) is 4.19. The number of carboxylic acid groups (broad SMARTS) is 1. The number of hydrogen-bond acceptors (Lipinski definition) is 2. The second-order valence-electron chi connectivity index (χ2n) is 6.05. The summed E-state index contributed by atoms with van der Waals surface area (Å²) in [6.07, 6.45) is 4.08. The van der Waals surface area contributed by atoms with Crippen molar-refractivity contribution >= 4 is 5.97 Å². The quantitative estimate of drug-likeness (QED) is 0.896. The summed E-state index contributed by atoms with van der Waals surface area (Å²) in [6, 6.07) is 8.02. The average molecular weight is 275 g/mol. The highest BCUT2D eigenvalue weighted by Gasteiger charge is 2.26. The van der Waals surface area contributed by atoms with Gasteiger partial charge in [-0.05, 0) is 49.4 Å². The fourth-order valence-corrected chi connectivity index (χ4v) is 2.86. The summed E-state index contributed by atoms with van der Waals surface area (Å²) in [7, 11) is 0. The van der Waals surface area contributed by atoms with Gasteiger partial charge in [-0.25, -0.2) is 0 Å². The fourth-order valence-electron chi connectivity index (χ4n) is 2.86. The summed E-state index contributed by atoms with van der Waals surface area (Å²) in [5, 5.41) is 9.49. The van der Waals surface area contributed by atoms with E-state index in [4.69, 9.17) is 0 Å². The van der Waals surface area contributed by atoms with Crippen LogP contribution in [0.4, 0.5) is 0 Å². The summed E-state index contributed by atoms with van der Waals surface area (Å²) in [5.74, 6) is -0.179. The Kier molecular flexibility index (Phi) is 5.18. The maximum absolute atomic E-state index is 11.5. The van der Waals surface area contributed by atoms with Gasteiger partial charge in [-0.1, -0.05) is 44.5 Å². The SMILES string of the molecule is CC(C)c1ccc(C[C@@H](C(=O)O)N2CCCCC2)cc1. The first-order valence-corrected chi connectivity index (χ1v) is 7.63. The number of likely N-dealkylation sites (tertiary alicyclic amines) is 1. The van der Waals surface area contributed by atoms with E-state index in [0.717, 1.165) is 31.5 Å². The Morgan fingerprint density at radius 3 is 2.25 bits per heavy atom. The third-order valence-electron chi connectivity index (χ3n) is 4.19. The second-order valence-corrected chi connectivity index (χ2v) is 6.05. The zero-order valence-electron chi connectivity index (χ0n) is 12.5. The van der Waals surface area contributed by atoms with Crippen molar-refractivity contribution in [1.82, 2.24) is 4.90 Å². The molecule has 1 atom stereocenters. The van der Waals surface area contributed by atoms with Crippen LogP contribution in [0.2, 0.25) is 0 Å². The number of hydrogen-bond donors (Lipinski definition) is 1. The van der Waals surface area contributed by atoms with Crippen molar-refractivity contribution in [2.45, 2.75) is 51.5 Å². The minimum Gasteiger partial charge on any atom is -0.480 e. The van der Waals surface area contributed by atoms with Crippen molar-refractivity contribution in [3.05, 3.63) is 35.4 Å². The van der Waals surface area contributed by atoms with E-state index in [1.165, 1.54) is 12.0 Å². The smallest absolute Gasteiger partial charge is 0.321 e. The molecule has 3 nitrogen and oxygen atoms in total. The highest BCUT2D eigenvalue weighted by Crippen LogP contribution is 2.19. The molecule has 0 saturated carbocycles. The Balaban J connectivity index is 2.05. The molecular formula is C17H25NO2. The van der Waals surface area contributed by atoms with Gasteiger partial charge in [-0.3, -0.25) is 9.69 Å². The highest BCUT2D eigenvalue weighted by atomic mass is 16.4. The largest absolute Gasteiger partial charge is 0.480 e. The van der Waals surface area contributed by atoms with Gasteiger partial charge < -0.3 is 5.11 Å². The Morgan fingerprint density at radius 2 is 1.75 bits per heavy atom. The molecule has 3 heteroatoms. The van der Waals surface area contributed by atoms with Crippen LogP contribution in [0.15, 0.2) is 24.3 Å². The summed E-state index contributed by atoms with van der Waals surface area (Å²) in [4.78, 5) is 13.7. The van der Waals surface area contributed by atoms with Gasteiger partial charge in [0.1, 0.15) is 6.04 Å². The van der Waals surface area contributed by atoms with Gasteiger partial charge in [-0.15, -0.1) is 0 Å². The zero-order valence-corrected chi connectivity index (χ0v) is 12.5. The van der Waals surface area contributed by atoms with E-state index in [9.17, 15) is 9.90 Å². The summed E-state index contributed by atoms with van der Waals surface area (Å²) >= 11 is 0. The molecule has 1 heterocycles. The third kappa shape index (κ3) is 3.83. The monoisotopic (exact) mass is 275 g/mol. The van der Waals surface area contributed by atoms with Gasteiger partial charge in [0, 0.05) is 0 Å². The van der Waals surface area contributed by atoms with Crippen LogP contribution in [0.3, 0.4) is 0 Å². The van der Waals surface area contributed by atoms with Crippen LogP contribution in [0, 0.1) is 0 Å². The first-order chi connectivity index (χ1) is 9.58. The van der Waals surface area contributed by atoms with E-state index >= 15 is 0 Å². The minimum absolute atomic E-state index is 0.375. The van der Waals surface area contributed by atoms with Gasteiger partial charge in [0.05, 0.1) is 0 Å².